The Balaban J connectivity index is 1.22. The van der Waals surface area contributed by atoms with E-state index in [1.54, 1.807) is 4.90 Å². The van der Waals surface area contributed by atoms with E-state index in [1.807, 2.05) is 31.2 Å². The highest BCUT2D eigenvalue weighted by Gasteiger charge is 2.44. The minimum Gasteiger partial charge on any atom is -0.481 e. The number of hydrogen-bond acceptors (Lipinski definition) is 4. The van der Waals surface area contributed by atoms with Crippen LogP contribution in [-0.2, 0) is 14.3 Å². The number of fused-ring (bicyclic) bond motifs is 4. The molecule has 0 spiro atoms. The SMILES string of the molecule is CC[C@@H](NC(=O)OCC1c2ccccc2-c2ccccc21)C(=O)N1CCC2CCC(C(=O)O)CC21. The van der Waals surface area contributed by atoms with E-state index in [0.29, 0.717) is 31.7 Å². The number of ether oxygens (including phenoxy) is 1. The van der Waals surface area contributed by atoms with Gasteiger partial charge in [-0.25, -0.2) is 4.79 Å². The molecule has 1 heterocycles. The molecule has 2 fully saturated rings. The van der Waals surface area contributed by atoms with Gasteiger partial charge in [-0.05, 0) is 60.3 Å². The van der Waals surface area contributed by atoms with E-state index < -0.39 is 24.0 Å². The van der Waals surface area contributed by atoms with E-state index in [2.05, 4.69) is 29.6 Å². The maximum atomic E-state index is 13.3. The maximum absolute atomic E-state index is 13.3. The number of amides is 2. The average molecular weight is 477 g/mol. The quantitative estimate of drug-likeness (QED) is 0.644. The number of carbonyl (C=O) groups is 3. The number of aliphatic carboxylic acids is 1. The summed E-state index contributed by atoms with van der Waals surface area (Å²) in [5, 5.41) is 12.2. The lowest BCUT2D eigenvalue weighted by atomic mass is 9.78. The first kappa shape index (κ1) is 23.4. The number of nitrogens with zero attached hydrogens (tertiary/aromatic N) is 1. The summed E-state index contributed by atoms with van der Waals surface area (Å²) in [5.74, 6) is -1.02. The van der Waals surface area contributed by atoms with Gasteiger partial charge in [0.25, 0.3) is 0 Å². The lowest BCUT2D eigenvalue weighted by Crippen LogP contribution is -2.51. The van der Waals surface area contributed by atoms with Gasteiger partial charge < -0.3 is 20.1 Å². The van der Waals surface area contributed by atoms with Crippen LogP contribution in [0.5, 0.6) is 0 Å². The zero-order chi connectivity index (χ0) is 24.5. The number of alkyl carbamates (subject to hydrolysis) is 1. The lowest BCUT2D eigenvalue weighted by Gasteiger charge is -2.36. The summed E-state index contributed by atoms with van der Waals surface area (Å²) in [6, 6.07) is 15.6. The third-order valence-electron chi connectivity index (χ3n) is 8.07. The van der Waals surface area contributed by atoms with Gasteiger partial charge in [-0.15, -0.1) is 0 Å². The highest BCUT2D eigenvalue weighted by Crippen LogP contribution is 2.44. The molecule has 7 nitrogen and oxygen atoms in total. The molecule has 3 unspecified atom stereocenters. The third-order valence-corrected chi connectivity index (χ3v) is 8.07. The molecule has 4 atom stereocenters. The van der Waals surface area contributed by atoms with Gasteiger partial charge in [0.15, 0.2) is 0 Å². The topological polar surface area (TPSA) is 95.9 Å². The number of nitrogens with one attached hydrogen (secondary N) is 1. The standard InChI is InChI=1S/C28H32N2O5/c1-2-24(26(31)30-14-13-17-11-12-18(27(32)33)15-25(17)30)29-28(34)35-16-23-21-9-5-3-7-19(21)20-8-4-6-10-22(20)23/h3-10,17-18,23-25H,2,11-16H2,1H3,(H,29,34)(H,32,33)/t17?,18?,24-,25?/m1/s1. The molecule has 184 valence electrons. The molecule has 1 saturated heterocycles. The molecule has 0 radical (unpaired) electrons. The van der Waals surface area contributed by atoms with Crippen molar-refractivity contribution in [2.24, 2.45) is 11.8 Å². The summed E-state index contributed by atoms with van der Waals surface area (Å²) in [5.41, 5.74) is 4.60. The molecule has 2 aromatic carbocycles. The lowest BCUT2D eigenvalue weighted by molar-refractivity contribution is -0.145. The monoisotopic (exact) mass is 476 g/mol. The van der Waals surface area contributed by atoms with Gasteiger partial charge in [0.1, 0.15) is 12.6 Å². The Morgan fingerprint density at radius 1 is 1.03 bits per heavy atom. The molecule has 2 amide bonds. The number of carbonyl (C=O) groups excluding carboxylic acids is 2. The maximum Gasteiger partial charge on any atom is 0.407 e. The van der Waals surface area contributed by atoms with Gasteiger partial charge >= 0.3 is 12.1 Å². The fourth-order valence-electron chi connectivity index (χ4n) is 6.22. The van der Waals surface area contributed by atoms with Gasteiger partial charge in [0, 0.05) is 18.5 Å². The first-order valence-electron chi connectivity index (χ1n) is 12.6. The van der Waals surface area contributed by atoms with Gasteiger partial charge in [-0.3, -0.25) is 9.59 Å². The van der Waals surface area contributed by atoms with Gasteiger partial charge in [-0.2, -0.15) is 0 Å². The fourth-order valence-corrected chi connectivity index (χ4v) is 6.22. The Kier molecular flexibility index (Phi) is 6.50. The second-order valence-corrected chi connectivity index (χ2v) is 9.93. The number of likely N-dealkylation sites (tertiary alicyclic amines) is 1. The Bertz CT molecular complexity index is 1090. The van der Waals surface area contributed by atoms with Gasteiger partial charge in [0.05, 0.1) is 5.92 Å². The van der Waals surface area contributed by atoms with E-state index in [0.717, 1.165) is 35.1 Å². The van der Waals surface area contributed by atoms with E-state index in [-0.39, 0.29) is 24.5 Å². The van der Waals surface area contributed by atoms with E-state index in [1.165, 1.54) is 0 Å². The van der Waals surface area contributed by atoms with Crippen molar-refractivity contribution >= 4 is 18.0 Å². The van der Waals surface area contributed by atoms with Crippen molar-refractivity contribution in [3.05, 3.63) is 59.7 Å². The molecule has 2 N–H and O–H groups in total. The van der Waals surface area contributed by atoms with Gasteiger partial charge in [0.2, 0.25) is 5.91 Å². The number of carboxylic acid groups (broad SMARTS) is 1. The average Bonchev–Trinajstić information content (AvgIpc) is 3.44. The van der Waals surface area contributed by atoms with Crippen molar-refractivity contribution in [3.63, 3.8) is 0 Å². The molecule has 5 rings (SSSR count). The highest BCUT2D eigenvalue weighted by atomic mass is 16.5. The largest absolute Gasteiger partial charge is 0.481 e. The molecule has 7 heteroatoms. The Hall–Kier alpha value is -3.35. The fraction of sp³-hybridized carbons (Fsp3) is 0.464. The van der Waals surface area contributed by atoms with Gasteiger partial charge in [-0.1, -0.05) is 55.5 Å². The Morgan fingerprint density at radius 3 is 2.31 bits per heavy atom. The van der Waals surface area contributed by atoms with Crippen LogP contribution in [0.15, 0.2) is 48.5 Å². The summed E-state index contributed by atoms with van der Waals surface area (Å²) < 4.78 is 5.64. The molecule has 35 heavy (non-hydrogen) atoms. The molecule has 3 aliphatic rings. The first-order valence-corrected chi connectivity index (χ1v) is 12.6. The van der Waals surface area contributed by atoms with Crippen molar-refractivity contribution in [1.29, 1.82) is 0 Å². The first-order chi connectivity index (χ1) is 17.0. The second-order valence-electron chi connectivity index (χ2n) is 9.93. The van der Waals surface area contributed by atoms with E-state index in [4.69, 9.17) is 4.74 Å². The van der Waals surface area contributed by atoms with Crippen LogP contribution in [0.4, 0.5) is 4.79 Å². The summed E-state index contributed by atoms with van der Waals surface area (Å²) in [6.07, 6.45) is 2.74. The van der Waals surface area contributed by atoms with Crippen molar-refractivity contribution in [1.82, 2.24) is 10.2 Å². The van der Waals surface area contributed by atoms with Crippen LogP contribution in [-0.4, -0.2) is 53.2 Å². The minimum atomic E-state index is -0.786. The number of benzene rings is 2. The summed E-state index contributed by atoms with van der Waals surface area (Å²) in [7, 11) is 0. The Morgan fingerprint density at radius 2 is 1.69 bits per heavy atom. The highest BCUT2D eigenvalue weighted by molar-refractivity contribution is 5.86. The predicted molar refractivity (Wildman–Crippen MR) is 131 cm³/mol. The normalized spacial score (nSPS) is 23.7. The smallest absolute Gasteiger partial charge is 0.407 e. The molecule has 2 aromatic rings. The van der Waals surface area contributed by atoms with Crippen LogP contribution in [0.2, 0.25) is 0 Å². The van der Waals surface area contributed by atoms with Crippen LogP contribution in [0, 0.1) is 11.8 Å². The second kappa shape index (κ2) is 9.72. The van der Waals surface area contributed by atoms with Crippen LogP contribution in [0.3, 0.4) is 0 Å². The summed E-state index contributed by atoms with van der Waals surface area (Å²) >= 11 is 0. The molecular formula is C28H32N2O5. The van der Waals surface area contributed by atoms with Crippen molar-refractivity contribution < 1.29 is 24.2 Å². The number of rotatable bonds is 6. The molecule has 2 aliphatic carbocycles. The van der Waals surface area contributed by atoms with Crippen LogP contribution < -0.4 is 5.32 Å². The van der Waals surface area contributed by atoms with Crippen molar-refractivity contribution in [2.45, 2.75) is 57.0 Å². The minimum absolute atomic E-state index is 0.0431. The predicted octanol–water partition coefficient (Wildman–Crippen LogP) is 4.41. The summed E-state index contributed by atoms with van der Waals surface area (Å²) in [6.45, 7) is 2.67. The Labute approximate surface area is 205 Å². The molecule has 1 aliphatic heterocycles. The van der Waals surface area contributed by atoms with Crippen molar-refractivity contribution in [3.8, 4) is 11.1 Å². The van der Waals surface area contributed by atoms with Crippen molar-refractivity contribution in [2.75, 3.05) is 13.2 Å². The van der Waals surface area contributed by atoms with E-state index >= 15 is 0 Å². The zero-order valence-electron chi connectivity index (χ0n) is 20.0. The van der Waals surface area contributed by atoms with Crippen LogP contribution in [0.1, 0.15) is 56.1 Å². The van der Waals surface area contributed by atoms with Crippen LogP contribution >= 0.6 is 0 Å². The zero-order valence-corrected chi connectivity index (χ0v) is 20.0. The molecule has 0 aromatic heterocycles. The summed E-state index contributed by atoms with van der Waals surface area (Å²) in [4.78, 5) is 39.4. The van der Waals surface area contributed by atoms with Crippen LogP contribution in [0.25, 0.3) is 11.1 Å². The molecule has 1 saturated carbocycles. The third kappa shape index (κ3) is 4.40. The molecule has 0 bridgehead atoms. The van der Waals surface area contributed by atoms with E-state index in [9.17, 15) is 19.5 Å². The number of carboxylic acids is 1. The number of hydrogen-bond donors (Lipinski definition) is 2. The molecular weight excluding hydrogens is 444 g/mol.